The third-order valence-corrected chi connectivity index (χ3v) is 3.59. The lowest BCUT2D eigenvalue weighted by molar-refractivity contribution is -0.385. The van der Waals surface area contributed by atoms with Gasteiger partial charge in [-0.25, -0.2) is 5.43 Å². The fourth-order valence-corrected chi connectivity index (χ4v) is 2.33. The smallest absolute Gasteiger partial charge is 0.282 e. The van der Waals surface area contributed by atoms with Crippen LogP contribution >= 0.6 is 0 Å². The Balaban J connectivity index is 2.15. The van der Waals surface area contributed by atoms with E-state index in [1.54, 1.807) is 24.3 Å². The fraction of sp³-hybridized carbons (Fsp3) is 0.263. The molecule has 0 aromatic heterocycles. The van der Waals surface area contributed by atoms with Crippen LogP contribution in [0.2, 0.25) is 0 Å². The molecule has 0 saturated carbocycles. The van der Waals surface area contributed by atoms with Crippen molar-refractivity contribution in [3.63, 3.8) is 0 Å². The van der Waals surface area contributed by atoms with Crippen LogP contribution in [0, 0.1) is 10.1 Å². The number of nitro groups is 1. The highest BCUT2D eigenvalue weighted by molar-refractivity contribution is 5.95. The Morgan fingerprint density at radius 2 is 1.75 bits per heavy atom. The minimum absolute atomic E-state index is 0.0292. The number of methoxy groups -OCH3 is 2. The van der Waals surface area contributed by atoms with Crippen molar-refractivity contribution in [3.05, 3.63) is 57.6 Å². The van der Waals surface area contributed by atoms with Crippen molar-refractivity contribution in [2.75, 3.05) is 14.2 Å². The van der Waals surface area contributed by atoms with Crippen LogP contribution in [0.25, 0.3) is 0 Å². The second-order valence-corrected chi connectivity index (χ2v) is 5.91. The molecule has 0 aliphatic carbocycles. The van der Waals surface area contributed by atoms with Crippen LogP contribution in [0.3, 0.4) is 0 Å². The average Bonchev–Trinajstić information content (AvgIpc) is 2.67. The summed E-state index contributed by atoms with van der Waals surface area (Å²) in [7, 11) is 2.80. The third-order valence-electron chi connectivity index (χ3n) is 3.59. The Kier molecular flexibility index (Phi) is 6.91. The van der Waals surface area contributed by atoms with E-state index in [1.807, 2.05) is 13.8 Å². The number of benzene rings is 2. The molecule has 28 heavy (non-hydrogen) atoms. The monoisotopic (exact) mass is 387 g/mol. The molecule has 0 aliphatic rings. The summed E-state index contributed by atoms with van der Waals surface area (Å²) in [5, 5.41) is 15.1. The molecule has 0 unspecified atom stereocenters. The number of carbonyl (C=O) groups excluding carboxylic acids is 1. The Bertz CT molecular complexity index is 878. The van der Waals surface area contributed by atoms with Crippen molar-refractivity contribution in [3.8, 4) is 17.2 Å². The van der Waals surface area contributed by atoms with Gasteiger partial charge in [0.05, 0.1) is 43.1 Å². The molecule has 1 N–H and O–H groups in total. The molecule has 0 aliphatic heterocycles. The number of hydrogen-bond donors (Lipinski definition) is 1. The molecule has 0 atom stereocenters. The molecule has 9 nitrogen and oxygen atoms in total. The van der Waals surface area contributed by atoms with Gasteiger partial charge in [0, 0.05) is 5.56 Å². The van der Waals surface area contributed by atoms with Crippen LogP contribution in [0.15, 0.2) is 41.5 Å². The standard InChI is InChI=1S/C19H21N3O6/c1-12(2)28-15-7-5-13(6-8-15)19(23)21-20-11-14-9-17(26-3)18(27-4)10-16(14)22(24)25/h5-12H,1-4H3,(H,21,23)/b20-11-. The predicted octanol–water partition coefficient (Wildman–Crippen LogP) is 3.16. The van der Waals surface area contributed by atoms with Crippen LogP contribution in [-0.2, 0) is 0 Å². The van der Waals surface area contributed by atoms with Crippen LogP contribution < -0.4 is 19.6 Å². The summed E-state index contributed by atoms with van der Waals surface area (Å²) in [4.78, 5) is 22.9. The average molecular weight is 387 g/mol. The fourth-order valence-electron chi connectivity index (χ4n) is 2.33. The van der Waals surface area contributed by atoms with Gasteiger partial charge in [0.2, 0.25) is 0 Å². The second-order valence-electron chi connectivity index (χ2n) is 5.91. The summed E-state index contributed by atoms with van der Waals surface area (Å²) in [6.07, 6.45) is 1.20. The van der Waals surface area contributed by atoms with E-state index in [0.29, 0.717) is 17.1 Å². The highest BCUT2D eigenvalue weighted by atomic mass is 16.6. The van der Waals surface area contributed by atoms with Crippen LogP contribution in [0.1, 0.15) is 29.8 Å². The van der Waals surface area contributed by atoms with Gasteiger partial charge in [-0.3, -0.25) is 14.9 Å². The Hall–Kier alpha value is -3.62. The van der Waals surface area contributed by atoms with Crippen LogP contribution in [-0.4, -0.2) is 37.4 Å². The molecule has 0 spiro atoms. The zero-order valence-electron chi connectivity index (χ0n) is 16.0. The number of amides is 1. The van der Waals surface area contributed by atoms with E-state index in [4.69, 9.17) is 14.2 Å². The first kappa shape index (κ1) is 20.7. The van der Waals surface area contributed by atoms with Gasteiger partial charge >= 0.3 is 0 Å². The van der Waals surface area contributed by atoms with Crippen molar-refractivity contribution in [2.45, 2.75) is 20.0 Å². The van der Waals surface area contributed by atoms with Crippen molar-refractivity contribution < 1.29 is 23.9 Å². The van der Waals surface area contributed by atoms with Gasteiger partial charge in [0.15, 0.2) is 11.5 Å². The van der Waals surface area contributed by atoms with Gasteiger partial charge in [-0.1, -0.05) is 0 Å². The number of nitro benzene ring substituents is 1. The normalized spacial score (nSPS) is 10.8. The number of nitrogens with one attached hydrogen (secondary N) is 1. The number of ether oxygens (including phenoxy) is 3. The highest BCUT2D eigenvalue weighted by Crippen LogP contribution is 2.33. The Morgan fingerprint density at radius 1 is 1.14 bits per heavy atom. The second kappa shape index (κ2) is 9.36. The molecule has 1 amide bonds. The largest absolute Gasteiger partial charge is 0.493 e. The number of carbonyl (C=O) groups is 1. The quantitative estimate of drug-likeness (QED) is 0.423. The van der Waals surface area contributed by atoms with Gasteiger partial charge in [0.25, 0.3) is 11.6 Å². The van der Waals surface area contributed by atoms with E-state index in [9.17, 15) is 14.9 Å². The number of hydrazone groups is 1. The molecular weight excluding hydrogens is 366 g/mol. The molecule has 0 radical (unpaired) electrons. The van der Waals surface area contributed by atoms with E-state index in [2.05, 4.69) is 10.5 Å². The van der Waals surface area contributed by atoms with Crippen molar-refractivity contribution >= 4 is 17.8 Å². The first-order valence-corrected chi connectivity index (χ1v) is 8.36. The molecule has 2 aromatic carbocycles. The maximum atomic E-state index is 12.2. The zero-order chi connectivity index (χ0) is 20.7. The Morgan fingerprint density at radius 3 is 2.29 bits per heavy atom. The summed E-state index contributed by atoms with van der Waals surface area (Å²) in [6.45, 7) is 3.81. The SMILES string of the molecule is COc1cc(/C=N\NC(=O)c2ccc(OC(C)C)cc2)c([N+](=O)[O-])cc1OC. The van der Waals surface area contributed by atoms with Gasteiger partial charge < -0.3 is 14.2 Å². The van der Waals surface area contributed by atoms with Crippen LogP contribution in [0.5, 0.6) is 17.2 Å². The molecular formula is C19H21N3O6. The number of rotatable bonds is 8. The van der Waals surface area contributed by atoms with Gasteiger partial charge in [-0.15, -0.1) is 0 Å². The summed E-state index contributed by atoms with van der Waals surface area (Å²) >= 11 is 0. The van der Waals surface area contributed by atoms with E-state index in [0.717, 1.165) is 0 Å². The predicted molar refractivity (Wildman–Crippen MR) is 103 cm³/mol. The van der Waals surface area contributed by atoms with Crippen molar-refractivity contribution in [2.24, 2.45) is 5.10 Å². The van der Waals surface area contributed by atoms with E-state index >= 15 is 0 Å². The lowest BCUT2D eigenvalue weighted by atomic mass is 10.1. The third kappa shape index (κ3) is 5.19. The molecule has 148 valence electrons. The van der Waals surface area contributed by atoms with E-state index in [1.165, 1.54) is 32.6 Å². The van der Waals surface area contributed by atoms with Gasteiger partial charge in [-0.05, 0) is 44.2 Å². The maximum absolute atomic E-state index is 12.2. The molecule has 0 heterocycles. The maximum Gasteiger partial charge on any atom is 0.282 e. The molecule has 2 aromatic rings. The summed E-state index contributed by atoms with van der Waals surface area (Å²) in [6, 6.07) is 9.19. The lowest BCUT2D eigenvalue weighted by Gasteiger charge is -2.09. The summed E-state index contributed by atoms with van der Waals surface area (Å²) < 4.78 is 15.7. The topological polar surface area (TPSA) is 112 Å². The molecule has 0 fully saturated rings. The lowest BCUT2D eigenvalue weighted by Crippen LogP contribution is -2.17. The van der Waals surface area contributed by atoms with Crippen LogP contribution in [0.4, 0.5) is 5.69 Å². The minimum Gasteiger partial charge on any atom is -0.493 e. The van der Waals surface area contributed by atoms with E-state index in [-0.39, 0.29) is 23.1 Å². The molecule has 2 rings (SSSR count). The molecule has 9 heteroatoms. The van der Waals surface area contributed by atoms with Gasteiger partial charge in [-0.2, -0.15) is 5.10 Å². The highest BCUT2D eigenvalue weighted by Gasteiger charge is 2.18. The first-order chi connectivity index (χ1) is 13.3. The van der Waals surface area contributed by atoms with E-state index < -0.39 is 10.8 Å². The number of nitrogens with zero attached hydrogens (tertiary/aromatic N) is 2. The summed E-state index contributed by atoms with van der Waals surface area (Å²) in [5.74, 6) is 0.715. The number of hydrogen-bond acceptors (Lipinski definition) is 7. The van der Waals surface area contributed by atoms with Crippen molar-refractivity contribution in [1.82, 2.24) is 5.43 Å². The molecule has 0 bridgehead atoms. The minimum atomic E-state index is -0.571. The van der Waals surface area contributed by atoms with Crippen molar-refractivity contribution in [1.29, 1.82) is 0 Å². The Labute approximate surface area is 162 Å². The zero-order valence-corrected chi connectivity index (χ0v) is 16.0. The molecule has 0 saturated heterocycles. The van der Waals surface area contributed by atoms with Gasteiger partial charge in [0.1, 0.15) is 5.75 Å². The first-order valence-electron chi connectivity index (χ1n) is 8.36. The summed E-state index contributed by atoms with van der Waals surface area (Å²) in [5.41, 5.74) is 2.63.